The summed E-state index contributed by atoms with van der Waals surface area (Å²) in [6.45, 7) is 16.9. The van der Waals surface area contributed by atoms with Crippen molar-refractivity contribution in [2.45, 2.75) is 84.3 Å². The van der Waals surface area contributed by atoms with Gasteiger partial charge in [0.1, 0.15) is 24.2 Å². The van der Waals surface area contributed by atoms with Crippen LogP contribution in [0.15, 0.2) is 24.3 Å². The Hall–Kier alpha value is -1.87. The third-order valence-electron chi connectivity index (χ3n) is 6.83. The molecule has 0 bridgehead atoms. The van der Waals surface area contributed by atoms with Crippen molar-refractivity contribution in [3.63, 3.8) is 0 Å². The van der Waals surface area contributed by atoms with Crippen LogP contribution >= 0.6 is 0 Å². The van der Waals surface area contributed by atoms with Crippen molar-refractivity contribution in [1.82, 2.24) is 0 Å². The summed E-state index contributed by atoms with van der Waals surface area (Å²) in [6, 6.07) is 3.75. The topological polar surface area (TPSA) is 72.5 Å². The fraction of sp³-hybridized carbons (Fsp3) is 0.654. The second-order valence-electron chi connectivity index (χ2n) is 11.5. The number of rotatable bonds is 6. The van der Waals surface area contributed by atoms with Crippen LogP contribution in [0.1, 0.15) is 52.7 Å². The maximum atomic E-state index is 12.5. The molecule has 0 aromatic heterocycles. The Balaban J connectivity index is 1.98. The van der Waals surface area contributed by atoms with Gasteiger partial charge in [-0.3, -0.25) is 4.79 Å². The summed E-state index contributed by atoms with van der Waals surface area (Å²) >= 11 is 0. The number of carbonyl (C=O) groups excluding carboxylic acids is 1. The van der Waals surface area contributed by atoms with Crippen molar-refractivity contribution >= 4 is 14.3 Å². The van der Waals surface area contributed by atoms with Gasteiger partial charge in [0.15, 0.2) is 8.32 Å². The molecule has 3 rings (SSSR count). The van der Waals surface area contributed by atoms with Gasteiger partial charge in [-0.05, 0) is 56.6 Å². The number of hydrogen-bond donors (Lipinski definition) is 0. The minimum atomic E-state index is -2.13. The Kier molecular flexibility index (Phi) is 7.31. The molecule has 0 saturated carbocycles. The molecular formula is C26H40O7Si. The molecular weight excluding hydrogens is 452 g/mol. The first-order chi connectivity index (χ1) is 15.6. The van der Waals surface area contributed by atoms with Crippen molar-refractivity contribution < 1.29 is 32.9 Å². The van der Waals surface area contributed by atoms with Gasteiger partial charge in [0.25, 0.3) is 0 Å². The van der Waals surface area contributed by atoms with Gasteiger partial charge in [0.05, 0.1) is 37.9 Å². The summed E-state index contributed by atoms with van der Waals surface area (Å²) in [4.78, 5) is 12.5. The molecule has 1 aromatic rings. The molecule has 2 heterocycles. The molecule has 1 spiro atoms. The van der Waals surface area contributed by atoms with E-state index in [-0.39, 0.29) is 23.7 Å². The Labute approximate surface area is 204 Å². The quantitative estimate of drug-likeness (QED) is 0.302. The van der Waals surface area contributed by atoms with Crippen LogP contribution < -0.4 is 9.47 Å². The maximum absolute atomic E-state index is 12.5. The smallest absolute Gasteiger partial charge is 0.311 e. The molecule has 3 atom stereocenters. The number of carbonyl (C=O) groups is 1. The molecule has 0 radical (unpaired) electrons. The molecule has 190 valence electrons. The predicted molar refractivity (Wildman–Crippen MR) is 133 cm³/mol. The minimum Gasteiger partial charge on any atom is -0.497 e. The van der Waals surface area contributed by atoms with Gasteiger partial charge in [0.2, 0.25) is 5.79 Å². The summed E-state index contributed by atoms with van der Waals surface area (Å²) in [5, 5.41) is 0.0127. The summed E-state index contributed by atoms with van der Waals surface area (Å²) in [5.41, 5.74) is 1.11. The first kappa shape index (κ1) is 26.7. The molecule has 8 heteroatoms. The number of methoxy groups -OCH3 is 2. The van der Waals surface area contributed by atoms with Crippen molar-refractivity contribution in [2.75, 3.05) is 20.8 Å². The highest BCUT2D eigenvalue weighted by Gasteiger charge is 2.50. The van der Waals surface area contributed by atoms with E-state index in [0.29, 0.717) is 18.1 Å². The van der Waals surface area contributed by atoms with Crippen LogP contribution in [0.4, 0.5) is 0 Å². The second-order valence-corrected chi connectivity index (χ2v) is 16.3. The molecule has 7 nitrogen and oxygen atoms in total. The number of fused-ring (bicyclic) bond motifs is 2. The SMILES string of the molecule is COc1cc2c(c(OC)c1)[C@]1(C=C[C@H](O[Si](C)(C)C(C)(C)C)[C@@H](COC(=O)C(C)(C)C)O1)OC2. The summed E-state index contributed by atoms with van der Waals surface area (Å²) < 4.78 is 36.3. The van der Waals surface area contributed by atoms with Crippen molar-refractivity contribution in [2.24, 2.45) is 5.41 Å². The average Bonchev–Trinajstić information content (AvgIpc) is 3.09. The molecule has 0 saturated heterocycles. The highest BCUT2D eigenvalue weighted by Crippen LogP contribution is 2.49. The van der Waals surface area contributed by atoms with Gasteiger partial charge >= 0.3 is 5.97 Å². The Morgan fingerprint density at radius 3 is 2.35 bits per heavy atom. The summed E-state index contributed by atoms with van der Waals surface area (Å²) in [6.07, 6.45) is 2.95. The number of ether oxygens (including phenoxy) is 5. The zero-order valence-corrected chi connectivity index (χ0v) is 23.2. The number of benzene rings is 1. The highest BCUT2D eigenvalue weighted by atomic mass is 28.4. The highest BCUT2D eigenvalue weighted by molar-refractivity contribution is 6.74. The van der Waals surface area contributed by atoms with E-state index in [1.165, 1.54) is 0 Å². The van der Waals surface area contributed by atoms with E-state index in [1.807, 2.05) is 45.1 Å². The van der Waals surface area contributed by atoms with Gasteiger partial charge in [0, 0.05) is 6.07 Å². The molecule has 0 fully saturated rings. The summed E-state index contributed by atoms with van der Waals surface area (Å²) in [5.74, 6) is -0.142. The zero-order valence-electron chi connectivity index (χ0n) is 22.2. The molecule has 0 amide bonds. The van der Waals surface area contributed by atoms with Gasteiger partial charge in [-0.25, -0.2) is 0 Å². The van der Waals surface area contributed by atoms with Gasteiger partial charge in [-0.1, -0.05) is 26.8 Å². The largest absolute Gasteiger partial charge is 0.497 e. The van der Waals surface area contributed by atoms with Gasteiger partial charge in [-0.2, -0.15) is 0 Å². The first-order valence-corrected chi connectivity index (χ1v) is 14.7. The van der Waals surface area contributed by atoms with Crippen LogP contribution in [0.25, 0.3) is 0 Å². The van der Waals surface area contributed by atoms with E-state index in [9.17, 15) is 4.79 Å². The Bertz CT molecular complexity index is 942. The van der Waals surface area contributed by atoms with Crippen LogP contribution in [0.2, 0.25) is 18.1 Å². The van der Waals surface area contributed by atoms with Crippen LogP contribution in [0.3, 0.4) is 0 Å². The summed E-state index contributed by atoms with van der Waals surface area (Å²) in [7, 11) is 1.09. The fourth-order valence-electron chi connectivity index (χ4n) is 3.73. The maximum Gasteiger partial charge on any atom is 0.311 e. The van der Waals surface area contributed by atoms with Gasteiger partial charge in [-0.15, -0.1) is 0 Å². The first-order valence-electron chi connectivity index (χ1n) is 11.7. The van der Waals surface area contributed by atoms with E-state index >= 15 is 0 Å². The lowest BCUT2D eigenvalue weighted by molar-refractivity contribution is -0.256. The second kappa shape index (κ2) is 9.30. The molecule has 34 heavy (non-hydrogen) atoms. The van der Waals surface area contributed by atoms with Crippen LogP contribution in [-0.4, -0.2) is 47.3 Å². The van der Waals surface area contributed by atoms with E-state index < -0.39 is 25.6 Å². The van der Waals surface area contributed by atoms with Crippen molar-refractivity contribution in [3.05, 3.63) is 35.4 Å². The Morgan fingerprint density at radius 2 is 1.79 bits per heavy atom. The van der Waals surface area contributed by atoms with Crippen molar-refractivity contribution in [3.8, 4) is 11.5 Å². The lowest BCUT2D eigenvalue weighted by Crippen LogP contribution is -2.52. The van der Waals surface area contributed by atoms with E-state index in [0.717, 1.165) is 11.1 Å². The molecule has 2 aliphatic heterocycles. The van der Waals surface area contributed by atoms with E-state index in [4.69, 9.17) is 28.1 Å². The third kappa shape index (κ3) is 5.20. The van der Waals surface area contributed by atoms with E-state index in [2.05, 4.69) is 33.9 Å². The van der Waals surface area contributed by atoms with E-state index in [1.54, 1.807) is 14.2 Å². The van der Waals surface area contributed by atoms with Crippen molar-refractivity contribution in [1.29, 1.82) is 0 Å². The lowest BCUT2D eigenvalue weighted by Gasteiger charge is -2.44. The number of hydrogen-bond acceptors (Lipinski definition) is 7. The third-order valence-corrected chi connectivity index (χ3v) is 11.3. The molecule has 2 aliphatic rings. The minimum absolute atomic E-state index is 0.0127. The normalized spacial score (nSPS) is 24.8. The average molecular weight is 493 g/mol. The Morgan fingerprint density at radius 1 is 1.12 bits per heavy atom. The monoisotopic (exact) mass is 492 g/mol. The van der Waals surface area contributed by atoms with Crippen LogP contribution in [0, 0.1) is 5.41 Å². The van der Waals surface area contributed by atoms with Gasteiger partial charge < -0.3 is 28.1 Å². The van der Waals surface area contributed by atoms with Crippen LogP contribution in [0.5, 0.6) is 11.5 Å². The van der Waals surface area contributed by atoms with Crippen LogP contribution in [-0.2, 0) is 35.8 Å². The predicted octanol–water partition coefficient (Wildman–Crippen LogP) is 5.32. The molecule has 0 unspecified atom stereocenters. The zero-order chi connectivity index (χ0) is 25.5. The molecule has 0 N–H and O–H groups in total. The standard InChI is InChI=1S/C26H40O7Si/c1-24(2,3)23(27)30-16-21-19(33-34(9,10)25(4,5)6)11-12-26(32-21)22-17(15-31-26)13-18(28-7)14-20(22)29-8/h11-14,19,21H,15-16H2,1-10H3/t19-,21+,26+/m0/s1. The molecule has 1 aromatic carbocycles. The molecule has 0 aliphatic carbocycles. The lowest BCUT2D eigenvalue weighted by atomic mass is 9.96. The fourth-order valence-corrected chi connectivity index (χ4v) is 4.99. The number of esters is 1.